The van der Waals surface area contributed by atoms with Crippen LogP contribution in [-0.4, -0.2) is 66.0 Å². The molecule has 148 valence electrons. The van der Waals surface area contributed by atoms with Gasteiger partial charge in [-0.2, -0.15) is 0 Å². The first-order valence-corrected chi connectivity index (χ1v) is 8.75. The molecule has 0 radical (unpaired) electrons. The Balaban J connectivity index is 1.59. The number of carbonyl (C=O) groups is 2. The molecule has 3 aliphatic rings. The van der Waals surface area contributed by atoms with Gasteiger partial charge in [0.1, 0.15) is 6.17 Å². The fourth-order valence-electron chi connectivity index (χ4n) is 3.32. The standard InChI is InChI=1S/C17H18F2N6O3/c1-23(10-26)22-14-7-12(9-20-14)25-15-13(28-17(25,18)19)6-11(8-21-15)16(27)24-4-2-3-5-24/h6-10,14,22H,2-5H2,1H3. The quantitative estimate of drug-likeness (QED) is 0.456. The van der Waals surface area contributed by atoms with E-state index >= 15 is 0 Å². The van der Waals surface area contributed by atoms with E-state index in [0.717, 1.165) is 17.9 Å². The van der Waals surface area contributed by atoms with Gasteiger partial charge in [0.05, 0.1) is 11.3 Å². The van der Waals surface area contributed by atoms with Crippen LogP contribution in [0.25, 0.3) is 0 Å². The summed E-state index contributed by atoms with van der Waals surface area (Å²) < 4.78 is 33.8. The lowest BCUT2D eigenvalue weighted by Gasteiger charge is -2.22. The van der Waals surface area contributed by atoms with Crippen molar-refractivity contribution < 1.29 is 23.1 Å². The second kappa shape index (κ2) is 6.82. The molecule has 4 rings (SSSR count). The van der Waals surface area contributed by atoms with Crippen molar-refractivity contribution in [3.63, 3.8) is 0 Å². The number of amides is 2. The molecule has 1 aromatic heterocycles. The Morgan fingerprint density at radius 1 is 1.43 bits per heavy atom. The Bertz CT molecular complexity index is 868. The normalized spacial score (nSPS) is 22.1. The molecule has 1 saturated heterocycles. The summed E-state index contributed by atoms with van der Waals surface area (Å²) in [5.74, 6) is -0.531. The Morgan fingerprint density at radius 3 is 2.89 bits per heavy atom. The number of pyridine rings is 1. The third kappa shape index (κ3) is 3.17. The monoisotopic (exact) mass is 392 g/mol. The number of halogens is 2. The Kier molecular flexibility index (Phi) is 4.46. The summed E-state index contributed by atoms with van der Waals surface area (Å²) in [7, 11) is 1.47. The zero-order valence-corrected chi connectivity index (χ0v) is 15.0. The van der Waals surface area contributed by atoms with E-state index in [9.17, 15) is 18.4 Å². The van der Waals surface area contributed by atoms with Gasteiger partial charge >= 0.3 is 6.23 Å². The van der Waals surface area contributed by atoms with Crippen molar-refractivity contribution in [3.05, 3.63) is 29.6 Å². The third-order valence-corrected chi connectivity index (χ3v) is 4.63. The van der Waals surface area contributed by atoms with Crippen molar-refractivity contribution in [3.8, 4) is 5.75 Å². The summed E-state index contributed by atoms with van der Waals surface area (Å²) >= 11 is 0. The predicted molar refractivity (Wildman–Crippen MR) is 94.8 cm³/mol. The maximum Gasteiger partial charge on any atom is 0.502 e. The Morgan fingerprint density at radius 2 is 2.18 bits per heavy atom. The molecule has 0 bridgehead atoms. The van der Waals surface area contributed by atoms with Crippen molar-refractivity contribution in [2.24, 2.45) is 4.99 Å². The number of hydrogen-bond donors (Lipinski definition) is 1. The number of aliphatic imine (C=N–C) groups is 1. The maximum atomic E-state index is 14.5. The molecule has 0 aromatic carbocycles. The molecule has 28 heavy (non-hydrogen) atoms. The SMILES string of the molecule is CN(C=O)NC1C=C(N2c3ncc(C(=O)N4CCCC4)cc3OC2(F)F)C=N1. The molecule has 1 unspecified atom stereocenters. The smallest absolute Gasteiger partial charge is 0.411 e. The third-order valence-electron chi connectivity index (χ3n) is 4.63. The number of allylic oxidation sites excluding steroid dienone is 1. The van der Waals surface area contributed by atoms with E-state index in [4.69, 9.17) is 4.74 Å². The molecular formula is C17H18F2N6O3. The van der Waals surface area contributed by atoms with Crippen LogP contribution >= 0.6 is 0 Å². The number of fused-ring (bicyclic) bond motifs is 1. The van der Waals surface area contributed by atoms with Crippen LogP contribution in [-0.2, 0) is 4.79 Å². The van der Waals surface area contributed by atoms with Gasteiger partial charge in [-0.1, -0.05) is 0 Å². The summed E-state index contributed by atoms with van der Waals surface area (Å²) in [6, 6.07) is 1.29. The van der Waals surface area contributed by atoms with Crippen LogP contribution in [0.3, 0.4) is 0 Å². The number of hydrogen-bond acceptors (Lipinski definition) is 7. The van der Waals surface area contributed by atoms with E-state index in [-0.39, 0.29) is 28.7 Å². The minimum Gasteiger partial charge on any atom is -0.411 e. The number of likely N-dealkylation sites (tertiary alicyclic amines) is 1. The van der Waals surface area contributed by atoms with Gasteiger partial charge in [0, 0.05) is 32.5 Å². The zero-order chi connectivity index (χ0) is 19.9. The number of rotatable bonds is 5. The molecular weight excluding hydrogens is 374 g/mol. The lowest BCUT2D eigenvalue weighted by molar-refractivity contribution is -0.157. The van der Waals surface area contributed by atoms with Crippen molar-refractivity contribution >= 4 is 24.3 Å². The van der Waals surface area contributed by atoms with Crippen LogP contribution in [0.5, 0.6) is 5.75 Å². The Labute approximate surface area is 159 Å². The van der Waals surface area contributed by atoms with Gasteiger partial charge in [-0.15, -0.1) is 8.78 Å². The fraction of sp³-hybridized carbons (Fsp3) is 0.412. The lowest BCUT2D eigenvalue weighted by Crippen LogP contribution is -2.42. The number of ether oxygens (including phenoxy) is 1. The summed E-state index contributed by atoms with van der Waals surface area (Å²) in [5.41, 5.74) is 2.97. The van der Waals surface area contributed by atoms with Gasteiger partial charge < -0.3 is 9.64 Å². The van der Waals surface area contributed by atoms with Gasteiger partial charge in [0.25, 0.3) is 5.91 Å². The van der Waals surface area contributed by atoms with E-state index in [1.165, 1.54) is 31.6 Å². The van der Waals surface area contributed by atoms with Crippen LogP contribution in [0.4, 0.5) is 14.6 Å². The van der Waals surface area contributed by atoms with Crippen molar-refractivity contribution in [2.75, 3.05) is 25.0 Å². The van der Waals surface area contributed by atoms with Gasteiger partial charge in [0.15, 0.2) is 11.6 Å². The molecule has 1 atom stereocenters. The van der Waals surface area contributed by atoms with Gasteiger partial charge in [0.2, 0.25) is 6.41 Å². The molecule has 4 heterocycles. The second-order valence-electron chi connectivity index (χ2n) is 6.63. The van der Waals surface area contributed by atoms with Gasteiger partial charge in [-0.3, -0.25) is 19.6 Å². The van der Waals surface area contributed by atoms with Crippen molar-refractivity contribution in [2.45, 2.75) is 25.2 Å². The molecule has 0 spiro atoms. The number of hydrazine groups is 1. The molecule has 0 aliphatic carbocycles. The summed E-state index contributed by atoms with van der Waals surface area (Å²) in [5, 5.41) is 1.13. The maximum absolute atomic E-state index is 14.5. The molecule has 0 saturated carbocycles. The first-order valence-electron chi connectivity index (χ1n) is 8.75. The molecule has 3 aliphatic heterocycles. The number of nitrogens with one attached hydrogen (secondary N) is 1. The highest BCUT2D eigenvalue weighted by molar-refractivity contribution is 5.95. The summed E-state index contributed by atoms with van der Waals surface area (Å²) in [6.07, 6.45) is 1.95. The lowest BCUT2D eigenvalue weighted by atomic mass is 10.2. The van der Waals surface area contributed by atoms with Crippen LogP contribution in [0, 0.1) is 0 Å². The number of carbonyl (C=O) groups excluding carboxylic acids is 2. The highest BCUT2D eigenvalue weighted by Gasteiger charge is 2.51. The van der Waals surface area contributed by atoms with Crippen LogP contribution in [0.2, 0.25) is 0 Å². The zero-order valence-electron chi connectivity index (χ0n) is 15.0. The van der Waals surface area contributed by atoms with E-state index in [2.05, 4.69) is 15.4 Å². The Hall–Kier alpha value is -3.08. The summed E-state index contributed by atoms with van der Waals surface area (Å²) in [6.45, 7) is 1.29. The van der Waals surface area contributed by atoms with E-state index in [0.29, 0.717) is 24.4 Å². The molecule has 9 nitrogen and oxygen atoms in total. The number of nitrogens with zero attached hydrogens (tertiary/aromatic N) is 5. The van der Waals surface area contributed by atoms with E-state index in [1.54, 1.807) is 4.90 Å². The minimum atomic E-state index is -3.69. The average molecular weight is 392 g/mol. The highest BCUT2D eigenvalue weighted by atomic mass is 19.3. The van der Waals surface area contributed by atoms with Crippen molar-refractivity contribution in [1.29, 1.82) is 0 Å². The average Bonchev–Trinajstić information content (AvgIpc) is 3.38. The van der Waals surface area contributed by atoms with E-state index in [1.807, 2.05) is 0 Å². The topological polar surface area (TPSA) is 90.4 Å². The van der Waals surface area contributed by atoms with Gasteiger partial charge in [-0.25, -0.2) is 15.3 Å². The first-order chi connectivity index (χ1) is 13.4. The number of aromatic nitrogens is 1. The van der Waals surface area contributed by atoms with Gasteiger partial charge in [-0.05, 0) is 25.0 Å². The molecule has 1 N–H and O–H groups in total. The fourth-order valence-corrected chi connectivity index (χ4v) is 3.32. The molecule has 1 fully saturated rings. The molecule has 2 amide bonds. The largest absolute Gasteiger partial charge is 0.502 e. The molecule has 11 heteroatoms. The van der Waals surface area contributed by atoms with Crippen LogP contribution in [0.1, 0.15) is 23.2 Å². The van der Waals surface area contributed by atoms with Crippen LogP contribution < -0.4 is 15.1 Å². The second-order valence-corrected chi connectivity index (χ2v) is 6.63. The number of anilines is 1. The van der Waals surface area contributed by atoms with Crippen molar-refractivity contribution in [1.82, 2.24) is 20.3 Å². The highest BCUT2D eigenvalue weighted by Crippen LogP contribution is 2.45. The minimum absolute atomic E-state index is 0.0617. The predicted octanol–water partition coefficient (Wildman–Crippen LogP) is 0.954. The summed E-state index contributed by atoms with van der Waals surface area (Å²) in [4.78, 5) is 33.5. The number of alkyl halides is 2. The molecule has 1 aromatic rings. The van der Waals surface area contributed by atoms with E-state index < -0.39 is 12.4 Å². The van der Waals surface area contributed by atoms with Crippen LogP contribution in [0.15, 0.2) is 29.0 Å². The first kappa shape index (κ1) is 18.3.